The Morgan fingerprint density at radius 1 is 1.00 bits per heavy atom. The summed E-state index contributed by atoms with van der Waals surface area (Å²) in [6.45, 7) is 6.50. The van der Waals surface area contributed by atoms with Gasteiger partial charge < -0.3 is 9.80 Å². The van der Waals surface area contributed by atoms with Crippen LogP contribution >= 0.6 is 11.3 Å². The summed E-state index contributed by atoms with van der Waals surface area (Å²) in [7, 11) is 0. The first kappa shape index (κ1) is 16.0. The Bertz CT molecular complexity index is 902. The molecular formula is C20H23N5S. The monoisotopic (exact) mass is 365 g/mol. The van der Waals surface area contributed by atoms with Crippen LogP contribution in [0.3, 0.4) is 0 Å². The molecular weight excluding hydrogens is 342 g/mol. The molecule has 0 unspecified atom stereocenters. The summed E-state index contributed by atoms with van der Waals surface area (Å²) in [4.78, 5) is 16.3. The van der Waals surface area contributed by atoms with Crippen molar-refractivity contribution in [2.45, 2.75) is 19.4 Å². The highest BCUT2D eigenvalue weighted by atomic mass is 32.1. The van der Waals surface area contributed by atoms with E-state index in [0.29, 0.717) is 0 Å². The number of fused-ring (bicyclic) bond motifs is 1. The Morgan fingerprint density at radius 3 is 2.81 bits per heavy atom. The van der Waals surface area contributed by atoms with E-state index in [1.807, 2.05) is 17.9 Å². The second-order valence-electron chi connectivity index (χ2n) is 7.16. The highest BCUT2D eigenvalue weighted by Crippen LogP contribution is 2.29. The van der Waals surface area contributed by atoms with Gasteiger partial charge in [-0.15, -0.1) is 11.3 Å². The van der Waals surface area contributed by atoms with Crippen molar-refractivity contribution in [3.63, 3.8) is 0 Å². The van der Waals surface area contributed by atoms with E-state index in [1.54, 1.807) is 11.3 Å². The SMILES string of the molecule is c1cc(CN2CCCC2)c(N2CCN(c3ccc4ncsc4c3)C2)cn1. The van der Waals surface area contributed by atoms with Crippen LogP contribution in [0.2, 0.25) is 0 Å². The van der Waals surface area contributed by atoms with Crippen molar-refractivity contribution in [1.29, 1.82) is 0 Å². The lowest BCUT2D eigenvalue weighted by molar-refractivity contribution is 0.331. The number of anilines is 2. The summed E-state index contributed by atoms with van der Waals surface area (Å²) in [5.74, 6) is 0. The third-order valence-corrected chi connectivity index (χ3v) is 6.27. The van der Waals surface area contributed by atoms with E-state index in [9.17, 15) is 0 Å². The maximum Gasteiger partial charge on any atom is 0.0904 e. The van der Waals surface area contributed by atoms with Crippen molar-refractivity contribution < 1.29 is 0 Å². The second kappa shape index (κ2) is 6.85. The molecule has 2 aromatic heterocycles. The zero-order valence-electron chi connectivity index (χ0n) is 14.8. The van der Waals surface area contributed by atoms with Gasteiger partial charge in [0.05, 0.1) is 34.3 Å². The van der Waals surface area contributed by atoms with Crippen molar-refractivity contribution in [1.82, 2.24) is 14.9 Å². The highest BCUT2D eigenvalue weighted by Gasteiger charge is 2.24. The predicted octanol–water partition coefficient (Wildman–Crippen LogP) is 3.57. The third-order valence-electron chi connectivity index (χ3n) is 5.48. The molecule has 0 bridgehead atoms. The molecule has 0 saturated carbocycles. The van der Waals surface area contributed by atoms with E-state index in [4.69, 9.17) is 0 Å². The molecule has 0 amide bonds. The predicted molar refractivity (Wildman–Crippen MR) is 108 cm³/mol. The molecule has 2 fully saturated rings. The Balaban J connectivity index is 1.35. The average Bonchev–Trinajstić information content (AvgIpc) is 3.43. The van der Waals surface area contributed by atoms with Crippen molar-refractivity contribution >= 4 is 32.9 Å². The van der Waals surface area contributed by atoms with Gasteiger partial charge >= 0.3 is 0 Å². The molecule has 1 aromatic carbocycles. The summed E-state index contributed by atoms with van der Waals surface area (Å²) in [5.41, 5.74) is 7.00. The molecule has 4 heterocycles. The minimum atomic E-state index is 0.920. The fourth-order valence-corrected chi connectivity index (χ4v) is 4.76. The van der Waals surface area contributed by atoms with Crippen LogP contribution in [0.25, 0.3) is 10.2 Å². The Morgan fingerprint density at radius 2 is 1.88 bits per heavy atom. The smallest absolute Gasteiger partial charge is 0.0904 e. The van der Waals surface area contributed by atoms with Gasteiger partial charge in [0.25, 0.3) is 0 Å². The first-order valence-corrected chi connectivity index (χ1v) is 10.2. The van der Waals surface area contributed by atoms with Crippen molar-refractivity contribution in [2.75, 3.05) is 42.6 Å². The van der Waals surface area contributed by atoms with Gasteiger partial charge in [-0.1, -0.05) is 0 Å². The molecule has 2 saturated heterocycles. The fourth-order valence-electron chi connectivity index (χ4n) is 4.05. The van der Waals surface area contributed by atoms with Crippen LogP contribution in [0.1, 0.15) is 18.4 Å². The molecule has 0 N–H and O–H groups in total. The summed E-state index contributed by atoms with van der Waals surface area (Å²) in [6, 6.07) is 8.79. The number of aromatic nitrogens is 2. The maximum atomic E-state index is 4.41. The maximum absolute atomic E-state index is 4.41. The van der Waals surface area contributed by atoms with Crippen LogP contribution in [-0.2, 0) is 6.54 Å². The molecule has 0 atom stereocenters. The van der Waals surface area contributed by atoms with Crippen molar-refractivity contribution in [3.05, 3.63) is 47.7 Å². The van der Waals surface area contributed by atoms with E-state index in [2.05, 4.69) is 48.9 Å². The van der Waals surface area contributed by atoms with Crippen LogP contribution in [0.5, 0.6) is 0 Å². The molecule has 5 nitrogen and oxygen atoms in total. The summed E-state index contributed by atoms with van der Waals surface area (Å²) in [5, 5.41) is 0. The fraction of sp³-hybridized carbons (Fsp3) is 0.400. The normalized spacial score (nSPS) is 18.3. The molecule has 0 radical (unpaired) electrons. The van der Waals surface area contributed by atoms with E-state index in [0.717, 1.165) is 31.8 Å². The number of nitrogens with zero attached hydrogens (tertiary/aromatic N) is 5. The van der Waals surface area contributed by atoms with Gasteiger partial charge in [0, 0.05) is 31.5 Å². The molecule has 0 aliphatic carbocycles. The zero-order chi connectivity index (χ0) is 17.3. The largest absolute Gasteiger partial charge is 0.352 e. The number of hydrogen-bond acceptors (Lipinski definition) is 6. The molecule has 134 valence electrons. The van der Waals surface area contributed by atoms with Crippen LogP contribution in [0.15, 0.2) is 42.2 Å². The van der Waals surface area contributed by atoms with Gasteiger partial charge in [0.2, 0.25) is 0 Å². The van der Waals surface area contributed by atoms with Crippen LogP contribution in [0.4, 0.5) is 11.4 Å². The minimum Gasteiger partial charge on any atom is -0.352 e. The van der Waals surface area contributed by atoms with E-state index >= 15 is 0 Å². The van der Waals surface area contributed by atoms with Crippen molar-refractivity contribution in [3.8, 4) is 0 Å². The zero-order valence-corrected chi connectivity index (χ0v) is 15.7. The third kappa shape index (κ3) is 3.04. The van der Waals surface area contributed by atoms with Gasteiger partial charge in [-0.25, -0.2) is 4.98 Å². The Hall–Kier alpha value is -2.18. The standard InChI is InChI=1S/C20H23N5S/c1-2-8-23(7-1)13-16-5-6-21-12-19(16)25-10-9-24(15-25)17-3-4-18-20(11-17)26-14-22-18/h3-6,11-12,14H,1-2,7-10,13,15H2. The molecule has 5 rings (SSSR count). The van der Waals surface area contributed by atoms with Gasteiger partial charge in [0.1, 0.15) is 0 Å². The number of thiazole rings is 1. The quantitative estimate of drug-likeness (QED) is 0.706. The van der Waals surface area contributed by atoms with E-state index < -0.39 is 0 Å². The number of pyridine rings is 1. The number of benzene rings is 1. The molecule has 2 aliphatic heterocycles. The number of hydrogen-bond donors (Lipinski definition) is 0. The van der Waals surface area contributed by atoms with Gasteiger partial charge in [0.15, 0.2) is 0 Å². The minimum absolute atomic E-state index is 0.920. The number of likely N-dealkylation sites (tertiary alicyclic amines) is 1. The Kier molecular flexibility index (Phi) is 4.22. The van der Waals surface area contributed by atoms with Gasteiger partial charge in [-0.3, -0.25) is 9.88 Å². The molecule has 26 heavy (non-hydrogen) atoms. The first-order valence-electron chi connectivity index (χ1n) is 9.35. The highest BCUT2D eigenvalue weighted by molar-refractivity contribution is 7.16. The van der Waals surface area contributed by atoms with Crippen LogP contribution in [-0.4, -0.2) is 47.7 Å². The second-order valence-corrected chi connectivity index (χ2v) is 8.05. The van der Waals surface area contributed by atoms with E-state index in [-0.39, 0.29) is 0 Å². The molecule has 3 aromatic rings. The first-order chi connectivity index (χ1) is 12.9. The lowest BCUT2D eigenvalue weighted by atomic mass is 10.2. The summed E-state index contributed by atoms with van der Waals surface area (Å²) >= 11 is 1.71. The summed E-state index contributed by atoms with van der Waals surface area (Å²) < 4.78 is 1.26. The van der Waals surface area contributed by atoms with Crippen LogP contribution < -0.4 is 9.80 Å². The Labute approximate surface area is 157 Å². The summed E-state index contributed by atoms with van der Waals surface area (Å²) in [6.07, 6.45) is 6.64. The topological polar surface area (TPSA) is 35.5 Å². The lowest BCUT2D eigenvalue weighted by Gasteiger charge is -2.25. The molecule has 0 spiro atoms. The molecule has 2 aliphatic rings. The van der Waals surface area contributed by atoms with Gasteiger partial charge in [-0.05, 0) is 55.8 Å². The lowest BCUT2D eigenvalue weighted by Crippen LogP contribution is -2.27. The van der Waals surface area contributed by atoms with E-state index in [1.165, 1.54) is 47.6 Å². The van der Waals surface area contributed by atoms with Gasteiger partial charge in [-0.2, -0.15) is 0 Å². The van der Waals surface area contributed by atoms with Crippen LogP contribution in [0, 0.1) is 0 Å². The molecule has 6 heteroatoms. The van der Waals surface area contributed by atoms with Crippen molar-refractivity contribution in [2.24, 2.45) is 0 Å². The average molecular weight is 366 g/mol. The number of rotatable bonds is 4.